The minimum atomic E-state index is -0.139. The first-order valence-electron chi connectivity index (χ1n) is 11.4. The summed E-state index contributed by atoms with van der Waals surface area (Å²) in [5.74, 6) is -0.177. The van der Waals surface area contributed by atoms with E-state index in [4.69, 9.17) is 5.10 Å². The van der Waals surface area contributed by atoms with Crippen LogP contribution in [-0.4, -0.2) is 52.2 Å². The molecule has 0 bridgehead atoms. The Hall–Kier alpha value is -3.01. The average molecular weight is 495 g/mol. The lowest BCUT2D eigenvalue weighted by Crippen LogP contribution is -2.43. The van der Waals surface area contributed by atoms with Gasteiger partial charge in [-0.1, -0.05) is 24.3 Å². The first-order valence-corrected chi connectivity index (χ1v) is 13.1. The number of carbonyl (C=O) groups is 2. The van der Waals surface area contributed by atoms with Crippen LogP contribution >= 0.6 is 22.7 Å². The summed E-state index contributed by atoms with van der Waals surface area (Å²) >= 11 is 3.30. The maximum absolute atomic E-state index is 13.3. The quantitative estimate of drug-likeness (QED) is 0.493. The SMILES string of the molecule is O=C(Nc1ccccc1O)C1CCN(CC(=O)N2N=C(c3cccs3)C[C@@H]2c2cccs2)CC1. The average Bonchev–Trinajstić information content (AvgIpc) is 3.62. The fourth-order valence-corrected chi connectivity index (χ4v) is 6.00. The molecule has 1 aromatic carbocycles. The molecule has 34 heavy (non-hydrogen) atoms. The summed E-state index contributed by atoms with van der Waals surface area (Å²) in [6, 6.07) is 14.8. The van der Waals surface area contributed by atoms with Crippen molar-refractivity contribution < 1.29 is 14.7 Å². The summed E-state index contributed by atoms with van der Waals surface area (Å²) in [5.41, 5.74) is 1.39. The van der Waals surface area contributed by atoms with E-state index in [9.17, 15) is 14.7 Å². The highest BCUT2D eigenvalue weighted by Crippen LogP contribution is 2.36. The van der Waals surface area contributed by atoms with Crippen LogP contribution in [0.4, 0.5) is 5.69 Å². The second-order valence-electron chi connectivity index (χ2n) is 8.55. The molecule has 9 heteroatoms. The Morgan fingerprint density at radius 3 is 2.50 bits per heavy atom. The number of aromatic hydroxyl groups is 1. The number of para-hydroxylation sites is 2. The molecule has 1 atom stereocenters. The molecule has 2 amide bonds. The van der Waals surface area contributed by atoms with Gasteiger partial charge in [0.15, 0.2) is 0 Å². The van der Waals surface area contributed by atoms with Gasteiger partial charge >= 0.3 is 0 Å². The number of carbonyl (C=O) groups excluding carboxylic acids is 2. The molecule has 0 radical (unpaired) electrons. The van der Waals surface area contributed by atoms with Gasteiger partial charge in [-0.2, -0.15) is 5.10 Å². The van der Waals surface area contributed by atoms with Gasteiger partial charge in [0.1, 0.15) is 5.75 Å². The lowest BCUT2D eigenvalue weighted by molar-refractivity contribution is -0.134. The third-order valence-corrected chi connectivity index (χ3v) is 8.21. The molecule has 2 aliphatic rings. The Labute approximate surface area is 206 Å². The number of anilines is 1. The molecule has 1 fully saturated rings. The monoisotopic (exact) mass is 494 g/mol. The van der Waals surface area contributed by atoms with Crippen molar-refractivity contribution in [1.29, 1.82) is 0 Å². The van der Waals surface area contributed by atoms with Crippen LogP contribution in [0.25, 0.3) is 0 Å². The van der Waals surface area contributed by atoms with Gasteiger partial charge in [0, 0.05) is 17.2 Å². The topological polar surface area (TPSA) is 85.2 Å². The highest BCUT2D eigenvalue weighted by Gasteiger charge is 2.35. The number of hydrazone groups is 1. The van der Waals surface area contributed by atoms with Crippen molar-refractivity contribution in [2.45, 2.75) is 25.3 Å². The van der Waals surface area contributed by atoms with Gasteiger partial charge < -0.3 is 10.4 Å². The third kappa shape index (κ3) is 4.91. The van der Waals surface area contributed by atoms with Gasteiger partial charge in [-0.25, -0.2) is 5.01 Å². The smallest absolute Gasteiger partial charge is 0.257 e. The highest BCUT2D eigenvalue weighted by molar-refractivity contribution is 7.12. The predicted octanol–water partition coefficient (Wildman–Crippen LogP) is 4.54. The Kier molecular flexibility index (Phi) is 6.75. The van der Waals surface area contributed by atoms with Crippen LogP contribution in [0.1, 0.15) is 35.1 Å². The van der Waals surface area contributed by atoms with Gasteiger partial charge in [0.25, 0.3) is 5.91 Å². The zero-order chi connectivity index (χ0) is 23.5. The normalized spacial score (nSPS) is 19.2. The molecule has 176 valence electrons. The number of phenols is 1. The molecule has 2 aliphatic heterocycles. The van der Waals surface area contributed by atoms with Crippen LogP contribution < -0.4 is 5.32 Å². The van der Waals surface area contributed by atoms with Crippen molar-refractivity contribution in [2.24, 2.45) is 11.0 Å². The van der Waals surface area contributed by atoms with Crippen molar-refractivity contribution in [3.63, 3.8) is 0 Å². The van der Waals surface area contributed by atoms with E-state index >= 15 is 0 Å². The number of likely N-dealkylation sites (tertiary alicyclic amines) is 1. The molecule has 0 aliphatic carbocycles. The second-order valence-corrected chi connectivity index (χ2v) is 10.5. The van der Waals surface area contributed by atoms with Crippen LogP contribution in [0.2, 0.25) is 0 Å². The molecule has 2 N–H and O–H groups in total. The summed E-state index contributed by atoms with van der Waals surface area (Å²) in [7, 11) is 0. The number of amides is 2. The molecule has 7 nitrogen and oxygen atoms in total. The highest BCUT2D eigenvalue weighted by atomic mass is 32.1. The van der Waals surface area contributed by atoms with E-state index in [1.165, 1.54) is 0 Å². The Balaban J connectivity index is 1.19. The largest absolute Gasteiger partial charge is 0.506 e. The van der Waals surface area contributed by atoms with E-state index in [2.05, 4.69) is 16.3 Å². The summed E-state index contributed by atoms with van der Waals surface area (Å²) in [4.78, 5) is 30.3. The number of benzene rings is 1. The summed E-state index contributed by atoms with van der Waals surface area (Å²) in [6.45, 7) is 1.63. The molecule has 0 spiro atoms. The first kappa shape index (κ1) is 22.8. The van der Waals surface area contributed by atoms with Gasteiger partial charge in [-0.3, -0.25) is 14.5 Å². The number of rotatable bonds is 6. The van der Waals surface area contributed by atoms with E-state index in [0.717, 1.165) is 21.9 Å². The third-order valence-electron chi connectivity index (χ3n) is 6.32. The molecular formula is C25H26N4O3S2. The number of nitrogens with zero attached hydrogens (tertiary/aromatic N) is 3. The minimum Gasteiger partial charge on any atom is -0.506 e. The van der Waals surface area contributed by atoms with Crippen LogP contribution in [0, 0.1) is 5.92 Å². The molecule has 0 saturated carbocycles. The van der Waals surface area contributed by atoms with Gasteiger partial charge in [0.05, 0.1) is 28.9 Å². The molecule has 5 rings (SSSR count). The number of nitrogens with one attached hydrogen (secondary N) is 1. The Morgan fingerprint density at radius 2 is 1.79 bits per heavy atom. The van der Waals surface area contributed by atoms with Crippen molar-refractivity contribution >= 4 is 45.9 Å². The second kappa shape index (κ2) is 10.1. The molecule has 0 unspecified atom stereocenters. The zero-order valence-corrected chi connectivity index (χ0v) is 20.2. The molecule has 3 aromatic rings. The van der Waals surface area contributed by atoms with Crippen LogP contribution in [0.3, 0.4) is 0 Å². The predicted molar refractivity (Wildman–Crippen MR) is 135 cm³/mol. The van der Waals surface area contributed by atoms with E-state index in [1.54, 1.807) is 51.9 Å². The number of thiophene rings is 2. The number of phenolic OH excluding ortho intramolecular Hbond substituents is 1. The first-order chi connectivity index (χ1) is 16.6. The fourth-order valence-electron chi connectivity index (χ4n) is 4.47. The maximum atomic E-state index is 13.3. The van der Waals surface area contributed by atoms with Crippen molar-refractivity contribution in [3.05, 3.63) is 69.0 Å². The summed E-state index contributed by atoms with van der Waals surface area (Å²) in [5, 5.41) is 23.2. The van der Waals surface area contributed by atoms with E-state index < -0.39 is 0 Å². The lowest BCUT2D eigenvalue weighted by Gasteiger charge is -2.32. The standard InChI is InChI=1S/C25H26N4O3S2/c30-21-6-2-1-5-18(21)26-25(32)17-9-11-28(12-10-17)16-24(31)29-20(23-8-4-14-34-23)15-19(27-29)22-7-3-13-33-22/h1-8,13-14,17,20,30H,9-12,15-16H2,(H,26,32)/t20-/m1/s1. The number of hydrogen-bond acceptors (Lipinski definition) is 7. The van der Waals surface area contributed by atoms with Gasteiger partial charge in [-0.15, -0.1) is 22.7 Å². The molecule has 2 aromatic heterocycles. The summed E-state index contributed by atoms with van der Waals surface area (Å²) < 4.78 is 0. The van der Waals surface area contributed by atoms with Crippen LogP contribution in [-0.2, 0) is 9.59 Å². The van der Waals surface area contributed by atoms with Gasteiger partial charge in [-0.05, 0) is 61.0 Å². The Bertz CT molecular complexity index is 1170. The van der Waals surface area contributed by atoms with E-state index in [-0.39, 0.29) is 36.1 Å². The lowest BCUT2D eigenvalue weighted by atomic mass is 9.95. The summed E-state index contributed by atoms with van der Waals surface area (Å²) in [6.07, 6.45) is 2.07. The van der Waals surface area contributed by atoms with Crippen molar-refractivity contribution in [3.8, 4) is 5.75 Å². The molecular weight excluding hydrogens is 468 g/mol. The molecule has 1 saturated heterocycles. The maximum Gasteiger partial charge on any atom is 0.257 e. The fraction of sp³-hybridized carbons (Fsp3) is 0.320. The van der Waals surface area contributed by atoms with Crippen LogP contribution in [0.15, 0.2) is 64.4 Å². The van der Waals surface area contributed by atoms with Crippen LogP contribution in [0.5, 0.6) is 5.75 Å². The van der Waals surface area contributed by atoms with Crippen molar-refractivity contribution in [2.75, 3.05) is 25.0 Å². The van der Waals surface area contributed by atoms with Crippen molar-refractivity contribution in [1.82, 2.24) is 9.91 Å². The van der Waals surface area contributed by atoms with Gasteiger partial charge in [0.2, 0.25) is 5.91 Å². The number of hydrogen-bond donors (Lipinski definition) is 2. The van der Waals surface area contributed by atoms with E-state index in [1.807, 2.05) is 29.0 Å². The Morgan fingerprint density at radius 1 is 1.03 bits per heavy atom. The minimum absolute atomic E-state index is 0.0120. The molecule has 4 heterocycles. The number of piperidine rings is 1. The van der Waals surface area contributed by atoms with E-state index in [0.29, 0.717) is 31.6 Å². The zero-order valence-electron chi connectivity index (χ0n) is 18.6.